The molecular weight excluding hydrogens is 585 g/mol. The van der Waals surface area contributed by atoms with E-state index in [-0.39, 0.29) is 37.2 Å². The van der Waals surface area contributed by atoms with Crippen LogP contribution in [0.3, 0.4) is 0 Å². The predicted octanol–water partition coefficient (Wildman–Crippen LogP) is 7.25. The van der Waals surface area contributed by atoms with E-state index in [1.54, 1.807) is 60.7 Å². The second kappa shape index (κ2) is 15.5. The average Bonchev–Trinajstić information content (AvgIpc) is 3.47. The van der Waals surface area contributed by atoms with E-state index in [0.29, 0.717) is 42.0 Å². The summed E-state index contributed by atoms with van der Waals surface area (Å²) < 4.78 is 25.7. The van der Waals surface area contributed by atoms with Gasteiger partial charge in [0.05, 0.1) is 6.61 Å². The predicted molar refractivity (Wildman–Crippen MR) is 175 cm³/mol. The Balaban J connectivity index is 1.53. The molecule has 1 aliphatic heterocycles. The van der Waals surface area contributed by atoms with E-state index in [0.717, 1.165) is 11.1 Å². The lowest BCUT2D eigenvalue weighted by Gasteiger charge is -2.30. The molecule has 2 N–H and O–H groups in total. The van der Waals surface area contributed by atoms with Crippen LogP contribution in [0.4, 0.5) is 10.1 Å². The van der Waals surface area contributed by atoms with Crippen molar-refractivity contribution in [1.82, 2.24) is 5.32 Å². The number of carbonyl (C=O) groups is 1. The maximum atomic E-state index is 14.3. The van der Waals surface area contributed by atoms with Crippen LogP contribution < -0.4 is 10.1 Å². The summed E-state index contributed by atoms with van der Waals surface area (Å²) in [4.78, 5) is 22.3. The molecule has 0 radical (unpaired) electrons. The van der Waals surface area contributed by atoms with Crippen molar-refractivity contribution in [2.24, 2.45) is 10.1 Å². The topological polar surface area (TPSA) is 129 Å². The molecule has 0 fully saturated rings. The maximum absolute atomic E-state index is 14.3. The molecule has 4 aromatic rings. The Morgan fingerprint density at radius 3 is 2.52 bits per heavy atom. The quantitative estimate of drug-likeness (QED) is 0.0667. The van der Waals surface area contributed by atoms with Gasteiger partial charge in [0.25, 0.3) is 5.91 Å². The van der Waals surface area contributed by atoms with Gasteiger partial charge in [0, 0.05) is 47.7 Å². The molecule has 2 atom stereocenters. The lowest BCUT2D eigenvalue weighted by Crippen LogP contribution is -2.48. The molecule has 0 spiro atoms. The van der Waals surface area contributed by atoms with Gasteiger partial charge in [0.15, 0.2) is 11.6 Å². The molecule has 1 heterocycles. The number of amides is 1. The lowest BCUT2D eigenvalue weighted by atomic mass is 9.83. The number of nitrogens with one attached hydrogen (secondary N) is 1. The number of aliphatic imine (C=N–C) groups is 1. The molecule has 1 aliphatic rings. The summed E-state index contributed by atoms with van der Waals surface area (Å²) in [7, 11) is 0. The fraction of sp³-hybridized carbons (Fsp3) is 0.222. The number of rotatable bonds is 14. The lowest BCUT2D eigenvalue weighted by molar-refractivity contribution is -0.128. The standard InChI is InChI=1S/C36H34FN5O4/c37-29-17-13-27(14-18-29)21-23-39-35(44)36(22-6-10-26-8-2-1-3-9-26)33(31-11-4-5-12-32(31)41-42-38)46-34(40-36)28-15-19-30(20-16-28)45-25-7-24-43/h1-6,8-20,33,43H,7,21-25H2,(H,39,44)/b10-6+/t33-,36-/m1/s1. The van der Waals surface area contributed by atoms with Crippen molar-refractivity contribution in [1.29, 1.82) is 0 Å². The fourth-order valence-corrected chi connectivity index (χ4v) is 5.20. The monoisotopic (exact) mass is 619 g/mol. The molecule has 4 aromatic carbocycles. The third kappa shape index (κ3) is 7.79. The second-order valence-electron chi connectivity index (χ2n) is 10.7. The van der Waals surface area contributed by atoms with E-state index >= 15 is 0 Å². The Hall–Kier alpha value is -5.44. The number of hydrogen-bond donors (Lipinski definition) is 2. The van der Waals surface area contributed by atoms with Gasteiger partial charge in [-0.05, 0) is 59.5 Å². The number of benzene rings is 4. The zero-order chi connectivity index (χ0) is 32.2. The van der Waals surface area contributed by atoms with E-state index < -0.39 is 11.6 Å². The first-order valence-corrected chi connectivity index (χ1v) is 15.0. The van der Waals surface area contributed by atoms with Gasteiger partial charge in [-0.2, -0.15) is 0 Å². The van der Waals surface area contributed by atoms with E-state index in [1.807, 2.05) is 42.5 Å². The number of aliphatic hydroxyl groups is 1. The molecule has 10 heteroatoms. The Kier molecular flexibility index (Phi) is 10.8. The number of ether oxygens (including phenoxy) is 2. The first-order valence-electron chi connectivity index (χ1n) is 15.0. The highest BCUT2D eigenvalue weighted by molar-refractivity contribution is 6.01. The van der Waals surface area contributed by atoms with Crippen LogP contribution in [-0.4, -0.2) is 42.2 Å². The van der Waals surface area contributed by atoms with Gasteiger partial charge in [-0.25, -0.2) is 9.38 Å². The number of aliphatic hydroxyl groups excluding tert-OH is 1. The van der Waals surface area contributed by atoms with Crippen LogP contribution in [0.2, 0.25) is 0 Å². The summed E-state index contributed by atoms with van der Waals surface area (Å²) in [6.45, 7) is 0.693. The molecule has 5 rings (SSSR count). The molecular formula is C36H34FN5O4. The molecule has 0 aliphatic carbocycles. The number of halogens is 1. The number of carbonyl (C=O) groups excluding carboxylic acids is 1. The van der Waals surface area contributed by atoms with Gasteiger partial charge < -0.3 is 19.9 Å². The molecule has 0 bridgehead atoms. The smallest absolute Gasteiger partial charge is 0.252 e. The molecule has 1 amide bonds. The summed E-state index contributed by atoms with van der Waals surface area (Å²) in [6, 6.07) is 30.0. The third-order valence-corrected chi connectivity index (χ3v) is 7.55. The summed E-state index contributed by atoms with van der Waals surface area (Å²) in [5.41, 5.74) is 11.2. The van der Waals surface area contributed by atoms with Crippen LogP contribution in [0.5, 0.6) is 5.75 Å². The van der Waals surface area contributed by atoms with E-state index in [9.17, 15) is 14.7 Å². The Bertz CT molecular complexity index is 1720. The van der Waals surface area contributed by atoms with Crippen molar-refractivity contribution in [3.05, 3.63) is 148 Å². The summed E-state index contributed by atoms with van der Waals surface area (Å²) in [5.74, 6) is 0.182. The van der Waals surface area contributed by atoms with Crippen molar-refractivity contribution >= 4 is 23.6 Å². The maximum Gasteiger partial charge on any atom is 0.252 e. The second-order valence-corrected chi connectivity index (χ2v) is 10.7. The largest absolute Gasteiger partial charge is 0.494 e. The van der Waals surface area contributed by atoms with Crippen molar-refractivity contribution in [3.63, 3.8) is 0 Å². The number of nitrogens with zero attached hydrogens (tertiary/aromatic N) is 4. The zero-order valence-electron chi connectivity index (χ0n) is 25.1. The van der Waals surface area contributed by atoms with Gasteiger partial charge in [0.2, 0.25) is 5.90 Å². The highest BCUT2D eigenvalue weighted by Crippen LogP contribution is 2.45. The van der Waals surface area contributed by atoms with Crippen molar-refractivity contribution < 1.29 is 23.8 Å². The van der Waals surface area contributed by atoms with E-state index in [2.05, 4.69) is 15.3 Å². The molecule has 9 nitrogen and oxygen atoms in total. The highest BCUT2D eigenvalue weighted by Gasteiger charge is 2.53. The van der Waals surface area contributed by atoms with Crippen LogP contribution in [0.15, 0.2) is 119 Å². The highest BCUT2D eigenvalue weighted by atomic mass is 19.1. The summed E-state index contributed by atoms with van der Waals surface area (Å²) >= 11 is 0. The molecule has 46 heavy (non-hydrogen) atoms. The normalized spacial score (nSPS) is 17.2. The minimum Gasteiger partial charge on any atom is -0.494 e. The van der Waals surface area contributed by atoms with Gasteiger partial charge in [-0.15, -0.1) is 0 Å². The molecule has 0 unspecified atom stereocenters. The van der Waals surface area contributed by atoms with Crippen LogP contribution in [-0.2, 0) is 16.0 Å². The van der Waals surface area contributed by atoms with Gasteiger partial charge >= 0.3 is 0 Å². The summed E-state index contributed by atoms with van der Waals surface area (Å²) in [5, 5.41) is 16.0. The van der Waals surface area contributed by atoms with Crippen molar-refractivity contribution in [2.75, 3.05) is 19.8 Å². The van der Waals surface area contributed by atoms with Crippen LogP contribution in [0, 0.1) is 5.82 Å². The van der Waals surface area contributed by atoms with Gasteiger partial charge in [0.1, 0.15) is 11.6 Å². The van der Waals surface area contributed by atoms with Crippen LogP contribution in [0.1, 0.15) is 41.2 Å². The Morgan fingerprint density at radius 1 is 1.04 bits per heavy atom. The first-order chi connectivity index (χ1) is 22.5. The minimum absolute atomic E-state index is 0.0359. The SMILES string of the molecule is [N-]=[N+]=Nc1ccccc1[C@H]1OC(c2ccc(OCCCO)cc2)=N[C@@]1(C/C=C/c1ccccc1)C(=O)NCCc1ccc(F)cc1. The molecule has 0 saturated carbocycles. The number of azide groups is 1. The molecule has 0 aromatic heterocycles. The third-order valence-electron chi connectivity index (χ3n) is 7.55. The van der Waals surface area contributed by atoms with Gasteiger partial charge in [-0.1, -0.05) is 84.0 Å². The average molecular weight is 620 g/mol. The Labute approximate surface area is 266 Å². The van der Waals surface area contributed by atoms with E-state index in [4.69, 9.17) is 19.6 Å². The van der Waals surface area contributed by atoms with Crippen molar-refractivity contribution in [2.45, 2.75) is 30.9 Å². The summed E-state index contributed by atoms with van der Waals surface area (Å²) in [6.07, 6.45) is 4.06. The fourth-order valence-electron chi connectivity index (χ4n) is 5.20. The molecule has 0 saturated heterocycles. The minimum atomic E-state index is -1.47. The van der Waals surface area contributed by atoms with Crippen LogP contribution >= 0.6 is 0 Å². The Morgan fingerprint density at radius 2 is 1.78 bits per heavy atom. The zero-order valence-corrected chi connectivity index (χ0v) is 25.1. The molecule has 234 valence electrons. The number of hydrogen-bond acceptors (Lipinski definition) is 6. The van der Waals surface area contributed by atoms with E-state index in [1.165, 1.54) is 12.1 Å². The van der Waals surface area contributed by atoms with Gasteiger partial charge in [-0.3, -0.25) is 4.79 Å². The van der Waals surface area contributed by atoms with Crippen molar-refractivity contribution in [3.8, 4) is 5.75 Å². The first kappa shape index (κ1) is 32.0. The van der Waals surface area contributed by atoms with Crippen LogP contribution in [0.25, 0.3) is 16.5 Å².